The number of ether oxygens (including phenoxy) is 1. The first-order chi connectivity index (χ1) is 10.6. The Kier molecular flexibility index (Phi) is 4.75. The maximum atomic E-state index is 12.2. The lowest BCUT2D eigenvalue weighted by Crippen LogP contribution is -2.46. The number of hydrogen-bond acceptors (Lipinski definition) is 4. The molecular formula is C15H19BrN4O2. The highest BCUT2D eigenvalue weighted by atomic mass is 79.9. The van der Waals surface area contributed by atoms with Crippen molar-refractivity contribution in [3.63, 3.8) is 0 Å². The van der Waals surface area contributed by atoms with Gasteiger partial charge in [-0.1, -0.05) is 0 Å². The molecule has 22 heavy (non-hydrogen) atoms. The molecule has 1 fully saturated rings. The van der Waals surface area contributed by atoms with Crippen molar-refractivity contribution in [3.8, 4) is 0 Å². The molecule has 1 saturated heterocycles. The van der Waals surface area contributed by atoms with Gasteiger partial charge in [-0.2, -0.15) is 0 Å². The van der Waals surface area contributed by atoms with Gasteiger partial charge in [0.2, 0.25) is 5.91 Å². The summed E-state index contributed by atoms with van der Waals surface area (Å²) in [6.07, 6.45) is 5.52. The number of hydrogen-bond donors (Lipinski definition) is 2. The van der Waals surface area contributed by atoms with Crippen LogP contribution in [0.2, 0.25) is 0 Å². The molecule has 1 unspecified atom stereocenters. The molecule has 3 heterocycles. The van der Waals surface area contributed by atoms with E-state index in [9.17, 15) is 4.79 Å². The number of pyridine rings is 1. The molecule has 2 aromatic heterocycles. The number of halogens is 1. The number of fused-ring (bicyclic) bond motifs is 1. The van der Waals surface area contributed by atoms with Gasteiger partial charge in [-0.15, -0.1) is 0 Å². The summed E-state index contributed by atoms with van der Waals surface area (Å²) >= 11 is 3.42. The molecule has 7 heteroatoms. The molecule has 1 atom stereocenters. The number of imidazole rings is 1. The second-order valence-corrected chi connectivity index (χ2v) is 6.45. The predicted molar refractivity (Wildman–Crippen MR) is 86.3 cm³/mol. The molecule has 118 valence electrons. The maximum Gasteiger partial charge on any atom is 0.237 e. The third-order valence-electron chi connectivity index (χ3n) is 3.99. The Bertz CT molecular complexity index is 667. The van der Waals surface area contributed by atoms with Crippen LogP contribution in [0.5, 0.6) is 0 Å². The lowest BCUT2D eigenvalue weighted by molar-refractivity contribution is -0.124. The third-order valence-corrected chi connectivity index (χ3v) is 4.45. The van der Waals surface area contributed by atoms with E-state index in [1.54, 1.807) is 0 Å². The number of nitrogens with two attached hydrogens (primary N) is 1. The second-order valence-electron chi connectivity index (χ2n) is 5.54. The van der Waals surface area contributed by atoms with Crippen LogP contribution in [-0.4, -0.2) is 34.5 Å². The molecule has 0 bridgehead atoms. The van der Waals surface area contributed by atoms with Crippen molar-refractivity contribution in [1.29, 1.82) is 0 Å². The van der Waals surface area contributed by atoms with E-state index in [4.69, 9.17) is 10.5 Å². The van der Waals surface area contributed by atoms with E-state index in [0.29, 0.717) is 19.8 Å². The highest BCUT2D eigenvalue weighted by molar-refractivity contribution is 9.10. The van der Waals surface area contributed by atoms with Crippen LogP contribution in [0.1, 0.15) is 18.5 Å². The fourth-order valence-electron chi connectivity index (χ4n) is 2.69. The fraction of sp³-hybridized carbons (Fsp3) is 0.467. The van der Waals surface area contributed by atoms with Gasteiger partial charge >= 0.3 is 0 Å². The van der Waals surface area contributed by atoms with E-state index >= 15 is 0 Å². The lowest BCUT2D eigenvalue weighted by Gasteiger charge is -2.26. The van der Waals surface area contributed by atoms with Crippen LogP contribution in [0.4, 0.5) is 0 Å². The Hall–Kier alpha value is -1.44. The van der Waals surface area contributed by atoms with Crippen LogP contribution >= 0.6 is 15.9 Å². The van der Waals surface area contributed by atoms with Gasteiger partial charge in [0.05, 0.1) is 18.3 Å². The number of carbonyl (C=O) groups is 1. The van der Waals surface area contributed by atoms with Crippen molar-refractivity contribution in [2.24, 2.45) is 11.7 Å². The Balaban J connectivity index is 1.59. The van der Waals surface area contributed by atoms with Crippen molar-refractivity contribution < 1.29 is 9.53 Å². The molecular weight excluding hydrogens is 348 g/mol. The summed E-state index contributed by atoms with van der Waals surface area (Å²) in [5, 5.41) is 2.88. The van der Waals surface area contributed by atoms with E-state index in [0.717, 1.165) is 28.7 Å². The fourth-order valence-corrected chi connectivity index (χ4v) is 3.04. The first kappa shape index (κ1) is 15.5. The predicted octanol–water partition coefficient (Wildman–Crippen LogP) is 1.47. The standard InChI is InChI=1S/C15H19BrN4O2/c16-11-1-2-13-19-12(9-20(13)8-11)7-18-15(21)14(17)10-3-5-22-6-4-10/h1-2,8-10,14H,3-7,17H2,(H,18,21). The molecule has 6 nitrogen and oxygen atoms in total. The molecule has 1 aliphatic heterocycles. The molecule has 0 spiro atoms. The highest BCUT2D eigenvalue weighted by Crippen LogP contribution is 2.18. The second kappa shape index (κ2) is 6.76. The van der Waals surface area contributed by atoms with E-state index in [1.807, 2.05) is 28.9 Å². The van der Waals surface area contributed by atoms with Crippen molar-refractivity contribution in [1.82, 2.24) is 14.7 Å². The van der Waals surface area contributed by atoms with Crippen molar-refractivity contribution in [3.05, 3.63) is 34.7 Å². The van der Waals surface area contributed by atoms with Gasteiger partial charge in [0.25, 0.3) is 0 Å². The molecule has 0 saturated carbocycles. The molecule has 1 amide bonds. The molecule has 3 N–H and O–H groups in total. The summed E-state index contributed by atoms with van der Waals surface area (Å²) in [7, 11) is 0. The molecule has 3 rings (SSSR count). The van der Waals surface area contributed by atoms with Crippen molar-refractivity contribution in [2.45, 2.75) is 25.4 Å². The number of rotatable bonds is 4. The van der Waals surface area contributed by atoms with Gasteiger partial charge in [-0.05, 0) is 46.8 Å². The lowest BCUT2D eigenvalue weighted by atomic mass is 9.92. The Morgan fingerprint density at radius 3 is 3.00 bits per heavy atom. The summed E-state index contributed by atoms with van der Waals surface area (Å²) < 4.78 is 8.20. The third kappa shape index (κ3) is 3.48. The zero-order valence-electron chi connectivity index (χ0n) is 12.2. The average Bonchev–Trinajstić information content (AvgIpc) is 2.94. The highest BCUT2D eigenvalue weighted by Gasteiger charge is 2.26. The van der Waals surface area contributed by atoms with Crippen LogP contribution in [0.15, 0.2) is 29.0 Å². The molecule has 2 aromatic rings. The van der Waals surface area contributed by atoms with Crippen LogP contribution in [0, 0.1) is 5.92 Å². The summed E-state index contributed by atoms with van der Waals surface area (Å²) in [5.41, 5.74) is 7.71. The maximum absolute atomic E-state index is 12.2. The minimum absolute atomic E-state index is 0.120. The van der Waals surface area contributed by atoms with E-state index in [1.165, 1.54) is 0 Å². The zero-order valence-corrected chi connectivity index (χ0v) is 13.8. The number of carbonyl (C=O) groups excluding carboxylic acids is 1. The number of nitrogens with one attached hydrogen (secondary N) is 1. The largest absolute Gasteiger partial charge is 0.381 e. The smallest absolute Gasteiger partial charge is 0.237 e. The molecule has 1 aliphatic rings. The van der Waals surface area contributed by atoms with Crippen LogP contribution < -0.4 is 11.1 Å². The molecule has 0 radical (unpaired) electrons. The normalized spacial score (nSPS) is 17.5. The first-order valence-corrected chi connectivity index (χ1v) is 8.17. The summed E-state index contributed by atoms with van der Waals surface area (Å²) in [6, 6.07) is 3.38. The zero-order chi connectivity index (χ0) is 15.5. The van der Waals surface area contributed by atoms with Crippen molar-refractivity contribution in [2.75, 3.05) is 13.2 Å². The average molecular weight is 367 g/mol. The Morgan fingerprint density at radius 1 is 1.45 bits per heavy atom. The van der Waals surface area contributed by atoms with Crippen LogP contribution in [0.25, 0.3) is 5.65 Å². The van der Waals surface area contributed by atoms with Gasteiger partial charge in [0, 0.05) is 30.1 Å². The van der Waals surface area contributed by atoms with Gasteiger partial charge in [0.1, 0.15) is 5.65 Å². The SMILES string of the molecule is NC(C(=O)NCc1cn2cc(Br)ccc2n1)C1CCOCC1. The Morgan fingerprint density at radius 2 is 2.23 bits per heavy atom. The first-order valence-electron chi connectivity index (χ1n) is 7.37. The minimum atomic E-state index is -0.477. The topological polar surface area (TPSA) is 81.7 Å². The van der Waals surface area contributed by atoms with Crippen LogP contribution in [-0.2, 0) is 16.1 Å². The number of nitrogens with zero attached hydrogens (tertiary/aromatic N) is 2. The van der Waals surface area contributed by atoms with Crippen LogP contribution in [0.3, 0.4) is 0 Å². The summed E-state index contributed by atoms with van der Waals surface area (Å²) in [5.74, 6) is 0.0795. The van der Waals surface area contributed by atoms with E-state index < -0.39 is 6.04 Å². The minimum Gasteiger partial charge on any atom is -0.381 e. The number of amides is 1. The summed E-state index contributed by atoms with van der Waals surface area (Å²) in [6.45, 7) is 1.76. The van der Waals surface area contributed by atoms with Crippen molar-refractivity contribution >= 4 is 27.5 Å². The van der Waals surface area contributed by atoms with E-state index in [2.05, 4.69) is 26.2 Å². The molecule has 0 aliphatic carbocycles. The van der Waals surface area contributed by atoms with Gasteiger partial charge in [0.15, 0.2) is 0 Å². The van der Waals surface area contributed by atoms with Gasteiger partial charge in [-0.25, -0.2) is 4.98 Å². The molecule has 0 aromatic carbocycles. The quantitative estimate of drug-likeness (QED) is 0.858. The monoisotopic (exact) mass is 366 g/mol. The van der Waals surface area contributed by atoms with E-state index in [-0.39, 0.29) is 11.8 Å². The van der Waals surface area contributed by atoms with Gasteiger partial charge < -0.3 is 20.2 Å². The summed E-state index contributed by atoms with van der Waals surface area (Å²) in [4.78, 5) is 16.6. The number of aromatic nitrogens is 2. The van der Waals surface area contributed by atoms with Gasteiger partial charge in [-0.3, -0.25) is 4.79 Å². The Labute approximate surface area is 137 Å².